The number of nitrogens with zero attached hydrogens (tertiary/aromatic N) is 1. The number of hydrogen-bond donors (Lipinski definition) is 1. The highest BCUT2D eigenvalue weighted by Crippen LogP contribution is 2.39. The molecular weight excluding hydrogens is 204 g/mol. The molecule has 58 valence electrons. The zero-order chi connectivity index (χ0) is 7.84. The topological polar surface area (TPSA) is 38.9 Å². The summed E-state index contributed by atoms with van der Waals surface area (Å²) in [5.41, 5.74) is 6.96. The molecule has 0 unspecified atom stereocenters. The molecule has 2 nitrogen and oxygen atoms in total. The van der Waals surface area contributed by atoms with Crippen molar-refractivity contribution in [2.45, 2.75) is 18.4 Å². The van der Waals surface area contributed by atoms with Crippen molar-refractivity contribution in [3.8, 4) is 0 Å². The van der Waals surface area contributed by atoms with E-state index in [1.165, 1.54) is 5.56 Å². The third-order valence-corrected chi connectivity index (χ3v) is 2.43. The Hall–Kier alpha value is -0.410. The Morgan fingerprint density at radius 3 is 2.82 bits per heavy atom. The minimum absolute atomic E-state index is 0.367. The van der Waals surface area contributed by atoms with Crippen molar-refractivity contribution < 1.29 is 0 Å². The lowest BCUT2D eigenvalue weighted by Crippen LogP contribution is -2.00. The highest BCUT2D eigenvalue weighted by Gasteiger charge is 2.34. The van der Waals surface area contributed by atoms with E-state index >= 15 is 0 Å². The van der Waals surface area contributed by atoms with Crippen LogP contribution in [0.1, 0.15) is 17.9 Å². The maximum absolute atomic E-state index is 5.71. The Morgan fingerprint density at radius 1 is 1.55 bits per heavy atom. The van der Waals surface area contributed by atoms with Gasteiger partial charge in [0, 0.05) is 28.8 Å². The van der Waals surface area contributed by atoms with Crippen LogP contribution in [0.2, 0.25) is 0 Å². The van der Waals surface area contributed by atoms with Crippen molar-refractivity contribution in [3.63, 3.8) is 0 Å². The molecule has 0 bridgehead atoms. The molecule has 1 aliphatic rings. The molecule has 1 aromatic heterocycles. The summed E-state index contributed by atoms with van der Waals surface area (Å²) in [4.78, 5) is 4.08. The van der Waals surface area contributed by atoms with Crippen molar-refractivity contribution in [2.75, 3.05) is 0 Å². The normalized spacial score (nSPS) is 28.5. The summed E-state index contributed by atoms with van der Waals surface area (Å²) >= 11 is 3.37. The summed E-state index contributed by atoms with van der Waals surface area (Å²) in [5, 5.41) is 0. The van der Waals surface area contributed by atoms with Gasteiger partial charge < -0.3 is 5.73 Å². The quantitative estimate of drug-likeness (QED) is 0.770. The fourth-order valence-electron chi connectivity index (χ4n) is 1.23. The van der Waals surface area contributed by atoms with E-state index in [1.807, 2.05) is 6.20 Å². The summed E-state index contributed by atoms with van der Waals surface area (Å²) < 4.78 is 1.04. The second-order valence-electron chi connectivity index (χ2n) is 2.94. The minimum atomic E-state index is 0.367. The van der Waals surface area contributed by atoms with Crippen molar-refractivity contribution in [1.29, 1.82) is 0 Å². The van der Waals surface area contributed by atoms with Gasteiger partial charge in [0.1, 0.15) is 0 Å². The van der Waals surface area contributed by atoms with Crippen LogP contribution in [0.3, 0.4) is 0 Å². The third-order valence-electron chi connectivity index (χ3n) is 1.99. The summed E-state index contributed by atoms with van der Waals surface area (Å²) in [5.74, 6) is 0.556. The van der Waals surface area contributed by atoms with Crippen LogP contribution in [0.5, 0.6) is 0 Å². The van der Waals surface area contributed by atoms with Gasteiger partial charge in [0.25, 0.3) is 0 Å². The Labute approximate surface area is 73.9 Å². The molecule has 0 aliphatic heterocycles. The minimum Gasteiger partial charge on any atom is -0.327 e. The fourth-order valence-corrected chi connectivity index (χ4v) is 1.61. The van der Waals surface area contributed by atoms with Crippen LogP contribution < -0.4 is 5.73 Å². The molecule has 0 amide bonds. The first-order valence-electron chi connectivity index (χ1n) is 3.63. The number of aromatic nitrogens is 1. The fraction of sp³-hybridized carbons (Fsp3) is 0.375. The Kier molecular flexibility index (Phi) is 1.69. The summed E-state index contributed by atoms with van der Waals surface area (Å²) in [6, 6.07) is 2.45. The number of halogens is 1. The van der Waals surface area contributed by atoms with E-state index in [0.29, 0.717) is 12.0 Å². The molecule has 2 rings (SSSR count). The van der Waals surface area contributed by atoms with Crippen LogP contribution in [-0.4, -0.2) is 11.0 Å². The Bertz CT molecular complexity index is 275. The molecule has 1 heterocycles. The summed E-state index contributed by atoms with van der Waals surface area (Å²) in [7, 11) is 0. The van der Waals surface area contributed by atoms with Crippen molar-refractivity contribution >= 4 is 15.9 Å². The first-order chi connectivity index (χ1) is 5.27. The van der Waals surface area contributed by atoms with Crippen molar-refractivity contribution in [1.82, 2.24) is 4.98 Å². The number of hydrogen-bond acceptors (Lipinski definition) is 2. The Balaban J connectivity index is 2.25. The lowest BCUT2D eigenvalue weighted by Gasteiger charge is -1.96. The third kappa shape index (κ3) is 1.44. The molecule has 0 spiro atoms. The molecule has 1 aromatic rings. The van der Waals surface area contributed by atoms with Gasteiger partial charge in [0.15, 0.2) is 0 Å². The maximum atomic E-state index is 5.71. The molecule has 0 aromatic carbocycles. The molecule has 1 saturated carbocycles. The molecule has 1 fully saturated rings. The van der Waals surface area contributed by atoms with Gasteiger partial charge in [-0.1, -0.05) is 0 Å². The van der Waals surface area contributed by atoms with Gasteiger partial charge in [-0.05, 0) is 34.0 Å². The highest BCUT2D eigenvalue weighted by atomic mass is 79.9. The highest BCUT2D eigenvalue weighted by molar-refractivity contribution is 9.10. The molecule has 0 saturated heterocycles. The van der Waals surface area contributed by atoms with Crippen LogP contribution in [0.25, 0.3) is 0 Å². The van der Waals surface area contributed by atoms with Gasteiger partial charge in [-0.3, -0.25) is 4.98 Å². The molecule has 0 radical (unpaired) electrons. The van der Waals surface area contributed by atoms with E-state index in [4.69, 9.17) is 5.73 Å². The van der Waals surface area contributed by atoms with Gasteiger partial charge in [-0.25, -0.2) is 0 Å². The van der Waals surface area contributed by atoms with E-state index in [2.05, 4.69) is 27.0 Å². The standard InChI is InChI=1S/C8H9BrN2/c9-6-1-5(3-11-4-6)7-2-8(7)10/h1,3-4,7-8H,2,10H2/t7-,8+/m0/s1. The number of rotatable bonds is 1. The van der Waals surface area contributed by atoms with Gasteiger partial charge in [-0.2, -0.15) is 0 Å². The average Bonchev–Trinajstić information content (AvgIpc) is 2.67. The van der Waals surface area contributed by atoms with E-state index in [0.717, 1.165) is 10.9 Å². The molecule has 11 heavy (non-hydrogen) atoms. The van der Waals surface area contributed by atoms with E-state index in [1.54, 1.807) is 6.20 Å². The second kappa shape index (κ2) is 2.57. The van der Waals surface area contributed by atoms with Gasteiger partial charge in [-0.15, -0.1) is 0 Å². The average molecular weight is 213 g/mol. The van der Waals surface area contributed by atoms with E-state index in [-0.39, 0.29) is 0 Å². The van der Waals surface area contributed by atoms with Gasteiger partial charge in [0.05, 0.1) is 0 Å². The smallest absolute Gasteiger partial charge is 0.0410 e. The largest absolute Gasteiger partial charge is 0.327 e. The zero-order valence-corrected chi connectivity index (χ0v) is 7.58. The monoisotopic (exact) mass is 212 g/mol. The van der Waals surface area contributed by atoms with Gasteiger partial charge >= 0.3 is 0 Å². The van der Waals surface area contributed by atoms with Crippen LogP contribution >= 0.6 is 15.9 Å². The Morgan fingerprint density at radius 2 is 2.27 bits per heavy atom. The lowest BCUT2D eigenvalue weighted by atomic mass is 10.2. The van der Waals surface area contributed by atoms with Crippen LogP contribution in [0.4, 0.5) is 0 Å². The first kappa shape index (κ1) is 7.25. The zero-order valence-electron chi connectivity index (χ0n) is 6.00. The van der Waals surface area contributed by atoms with Crippen LogP contribution in [-0.2, 0) is 0 Å². The predicted octanol–water partition coefficient (Wildman–Crippen LogP) is 1.66. The number of nitrogens with two attached hydrogens (primary N) is 1. The van der Waals surface area contributed by atoms with Crippen LogP contribution in [0, 0.1) is 0 Å². The first-order valence-corrected chi connectivity index (χ1v) is 4.42. The summed E-state index contributed by atoms with van der Waals surface area (Å²) in [6.45, 7) is 0. The SMILES string of the molecule is N[C@@H]1C[C@H]1c1cncc(Br)c1. The molecule has 2 atom stereocenters. The predicted molar refractivity (Wildman–Crippen MR) is 47.3 cm³/mol. The van der Waals surface area contributed by atoms with Crippen molar-refractivity contribution in [3.05, 3.63) is 28.5 Å². The summed E-state index contributed by atoms with van der Waals surface area (Å²) in [6.07, 6.45) is 4.79. The lowest BCUT2D eigenvalue weighted by molar-refractivity contribution is 0.979. The van der Waals surface area contributed by atoms with E-state index in [9.17, 15) is 0 Å². The second-order valence-corrected chi connectivity index (χ2v) is 3.86. The van der Waals surface area contributed by atoms with Gasteiger partial charge in [0.2, 0.25) is 0 Å². The van der Waals surface area contributed by atoms with E-state index < -0.39 is 0 Å². The molecule has 1 aliphatic carbocycles. The number of pyridine rings is 1. The molecular formula is C8H9BrN2. The molecule has 2 N–H and O–H groups in total. The van der Waals surface area contributed by atoms with Crippen LogP contribution in [0.15, 0.2) is 22.9 Å². The maximum Gasteiger partial charge on any atom is 0.0410 e. The van der Waals surface area contributed by atoms with Crippen molar-refractivity contribution in [2.24, 2.45) is 5.73 Å². The molecule has 3 heteroatoms.